The van der Waals surface area contributed by atoms with Crippen LogP contribution in [0.15, 0.2) is 65.7 Å². The molecule has 2 aromatic carbocycles. The number of hydrogen-bond donors (Lipinski definition) is 2. The summed E-state index contributed by atoms with van der Waals surface area (Å²) in [6.45, 7) is 2.38. The van der Waals surface area contributed by atoms with E-state index in [0.29, 0.717) is 5.91 Å². The molecule has 1 saturated heterocycles. The van der Waals surface area contributed by atoms with Crippen LogP contribution in [0.3, 0.4) is 0 Å². The first kappa shape index (κ1) is 21.4. The molecule has 1 unspecified atom stereocenters. The second kappa shape index (κ2) is 10.5. The van der Waals surface area contributed by atoms with Crippen molar-refractivity contribution >= 4 is 11.9 Å². The number of nitrogens with zero attached hydrogens (tertiary/aromatic N) is 2. The van der Waals surface area contributed by atoms with Crippen molar-refractivity contribution in [2.24, 2.45) is 10.9 Å². The van der Waals surface area contributed by atoms with Crippen LogP contribution >= 0.6 is 0 Å². The molecular formula is C26H34N4O. The molecule has 1 atom stereocenters. The van der Waals surface area contributed by atoms with E-state index < -0.39 is 0 Å². The molecule has 0 spiro atoms. The van der Waals surface area contributed by atoms with E-state index in [-0.39, 0.29) is 17.9 Å². The number of hydrogen-bond acceptors (Lipinski definition) is 2. The van der Waals surface area contributed by atoms with E-state index in [1.165, 1.54) is 24.0 Å². The van der Waals surface area contributed by atoms with Crippen molar-refractivity contribution in [3.63, 3.8) is 0 Å². The number of aliphatic imine (C=N–C) groups is 1. The third kappa shape index (κ3) is 5.46. The number of amides is 1. The van der Waals surface area contributed by atoms with E-state index in [0.717, 1.165) is 44.9 Å². The largest absolute Gasteiger partial charge is 0.355 e. The van der Waals surface area contributed by atoms with Crippen molar-refractivity contribution in [1.29, 1.82) is 0 Å². The van der Waals surface area contributed by atoms with Crippen molar-refractivity contribution in [3.05, 3.63) is 71.8 Å². The van der Waals surface area contributed by atoms with Gasteiger partial charge in [0.25, 0.3) is 0 Å². The maximum absolute atomic E-state index is 12.7. The molecule has 2 fully saturated rings. The Bertz CT molecular complexity index is 822. The zero-order valence-corrected chi connectivity index (χ0v) is 18.5. The Morgan fingerprint density at radius 1 is 1.00 bits per heavy atom. The van der Waals surface area contributed by atoms with Gasteiger partial charge in [0.2, 0.25) is 5.91 Å². The first-order valence-electron chi connectivity index (χ1n) is 11.6. The lowest BCUT2D eigenvalue weighted by Gasteiger charge is -2.23. The van der Waals surface area contributed by atoms with Gasteiger partial charge in [-0.15, -0.1) is 0 Å². The Kier molecular flexibility index (Phi) is 7.23. The third-order valence-corrected chi connectivity index (χ3v) is 6.65. The fourth-order valence-electron chi connectivity index (χ4n) is 4.89. The maximum Gasteiger partial charge on any atom is 0.225 e. The standard InChI is InChI=1S/C26H34N4O/c1-27-26(29-23-16-17-30(19-23)25(31)22-14-8-9-15-22)28-18-24(20-10-4-2-5-11-20)21-12-6-3-7-13-21/h2-7,10-13,22-24H,8-9,14-19H2,1H3,(H2,27,28,29). The van der Waals surface area contributed by atoms with Gasteiger partial charge in [-0.2, -0.15) is 0 Å². The van der Waals surface area contributed by atoms with Crippen molar-refractivity contribution in [1.82, 2.24) is 15.5 Å². The SMILES string of the molecule is CN=C(NCC(c1ccccc1)c1ccccc1)NC1CCN(C(=O)C2CCCC2)C1. The molecule has 0 bridgehead atoms. The fraction of sp³-hybridized carbons (Fsp3) is 0.462. The molecular weight excluding hydrogens is 384 g/mol. The molecule has 164 valence electrons. The topological polar surface area (TPSA) is 56.7 Å². The second-order valence-corrected chi connectivity index (χ2v) is 8.72. The summed E-state index contributed by atoms with van der Waals surface area (Å²) in [5, 5.41) is 7.07. The summed E-state index contributed by atoms with van der Waals surface area (Å²) in [7, 11) is 1.81. The van der Waals surface area contributed by atoms with Crippen molar-refractivity contribution in [3.8, 4) is 0 Å². The molecule has 31 heavy (non-hydrogen) atoms. The zero-order chi connectivity index (χ0) is 21.5. The number of likely N-dealkylation sites (tertiary alicyclic amines) is 1. The molecule has 4 rings (SSSR count). The summed E-state index contributed by atoms with van der Waals surface area (Å²) in [6, 6.07) is 21.4. The van der Waals surface area contributed by atoms with Gasteiger partial charge in [0.15, 0.2) is 5.96 Å². The molecule has 1 aliphatic carbocycles. The Hall–Kier alpha value is -2.82. The van der Waals surface area contributed by atoms with E-state index in [9.17, 15) is 4.79 Å². The van der Waals surface area contributed by atoms with Crippen molar-refractivity contribution < 1.29 is 4.79 Å². The normalized spacial score (nSPS) is 19.7. The average molecular weight is 419 g/mol. The van der Waals surface area contributed by atoms with Gasteiger partial charge in [0, 0.05) is 44.6 Å². The van der Waals surface area contributed by atoms with Gasteiger partial charge in [0.05, 0.1) is 0 Å². The van der Waals surface area contributed by atoms with Crippen LogP contribution in [-0.2, 0) is 4.79 Å². The van der Waals surface area contributed by atoms with Crippen LogP contribution in [0.4, 0.5) is 0 Å². The highest BCUT2D eigenvalue weighted by Gasteiger charge is 2.32. The Balaban J connectivity index is 1.34. The minimum atomic E-state index is 0.241. The molecule has 2 aromatic rings. The van der Waals surface area contributed by atoms with Gasteiger partial charge in [-0.3, -0.25) is 9.79 Å². The molecule has 0 aromatic heterocycles. The Morgan fingerprint density at radius 2 is 1.61 bits per heavy atom. The monoisotopic (exact) mass is 418 g/mol. The lowest BCUT2D eigenvalue weighted by atomic mass is 9.91. The van der Waals surface area contributed by atoms with Gasteiger partial charge < -0.3 is 15.5 Å². The minimum Gasteiger partial charge on any atom is -0.355 e. The van der Waals surface area contributed by atoms with Gasteiger partial charge in [0.1, 0.15) is 0 Å². The van der Waals surface area contributed by atoms with Crippen LogP contribution in [-0.4, -0.2) is 49.5 Å². The molecule has 5 nitrogen and oxygen atoms in total. The van der Waals surface area contributed by atoms with Gasteiger partial charge in [-0.25, -0.2) is 0 Å². The second-order valence-electron chi connectivity index (χ2n) is 8.72. The Morgan fingerprint density at radius 3 is 2.19 bits per heavy atom. The molecule has 2 N–H and O–H groups in total. The van der Waals surface area contributed by atoms with Crippen LogP contribution in [0.5, 0.6) is 0 Å². The van der Waals surface area contributed by atoms with Crippen LogP contribution in [0.25, 0.3) is 0 Å². The predicted molar refractivity (Wildman–Crippen MR) is 126 cm³/mol. The summed E-state index contributed by atoms with van der Waals surface area (Å²) in [5.41, 5.74) is 2.57. The summed E-state index contributed by atoms with van der Waals surface area (Å²) < 4.78 is 0. The molecule has 1 saturated carbocycles. The zero-order valence-electron chi connectivity index (χ0n) is 18.5. The maximum atomic E-state index is 12.7. The van der Waals surface area contributed by atoms with Gasteiger partial charge in [-0.1, -0.05) is 73.5 Å². The van der Waals surface area contributed by atoms with Crippen LogP contribution in [0, 0.1) is 5.92 Å². The van der Waals surface area contributed by atoms with E-state index in [1.54, 1.807) is 0 Å². The first-order chi connectivity index (χ1) is 15.2. The van der Waals surface area contributed by atoms with E-state index >= 15 is 0 Å². The fourth-order valence-corrected chi connectivity index (χ4v) is 4.89. The summed E-state index contributed by atoms with van der Waals surface area (Å²) >= 11 is 0. The highest BCUT2D eigenvalue weighted by atomic mass is 16.2. The quantitative estimate of drug-likeness (QED) is 0.555. The van der Waals surface area contributed by atoms with E-state index in [2.05, 4.69) is 81.2 Å². The smallest absolute Gasteiger partial charge is 0.225 e. The predicted octanol–water partition coefficient (Wildman–Crippen LogP) is 3.77. The Labute approximate surface area is 186 Å². The van der Waals surface area contributed by atoms with Gasteiger partial charge in [-0.05, 0) is 30.4 Å². The lowest BCUT2D eigenvalue weighted by molar-refractivity contribution is -0.134. The average Bonchev–Trinajstić information content (AvgIpc) is 3.52. The summed E-state index contributed by atoms with van der Waals surface area (Å²) in [4.78, 5) is 19.2. The molecule has 2 aliphatic rings. The number of carbonyl (C=O) groups excluding carboxylic acids is 1. The number of nitrogens with one attached hydrogen (secondary N) is 2. The highest BCUT2D eigenvalue weighted by molar-refractivity contribution is 5.81. The molecule has 5 heteroatoms. The molecule has 1 amide bonds. The van der Waals surface area contributed by atoms with E-state index in [1.807, 2.05) is 7.05 Å². The van der Waals surface area contributed by atoms with Crippen molar-refractivity contribution in [2.45, 2.75) is 44.1 Å². The van der Waals surface area contributed by atoms with Crippen LogP contribution in [0.2, 0.25) is 0 Å². The number of carbonyl (C=O) groups is 1. The summed E-state index contributed by atoms with van der Waals surface area (Å²) in [5.74, 6) is 1.66. The number of guanidine groups is 1. The van der Waals surface area contributed by atoms with Crippen molar-refractivity contribution in [2.75, 3.05) is 26.7 Å². The summed E-state index contributed by atoms with van der Waals surface area (Å²) in [6.07, 6.45) is 5.51. The minimum absolute atomic E-state index is 0.241. The van der Waals surface area contributed by atoms with E-state index in [4.69, 9.17) is 0 Å². The molecule has 0 radical (unpaired) electrons. The third-order valence-electron chi connectivity index (χ3n) is 6.65. The van der Waals surface area contributed by atoms with Gasteiger partial charge >= 0.3 is 0 Å². The number of benzene rings is 2. The van der Waals surface area contributed by atoms with Crippen LogP contribution in [0.1, 0.15) is 49.1 Å². The molecule has 1 heterocycles. The number of rotatable bonds is 6. The highest BCUT2D eigenvalue weighted by Crippen LogP contribution is 2.28. The van der Waals surface area contributed by atoms with Crippen LogP contribution < -0.4 is 10.6 Å². The first-order valence-corrected chi connectivity index (χ1v) is 11.6. The molecule has 1 aliphatic heterocycles. The lowest BCUT2D eigenvalue weighted by Crippen LogP contribution is -2.46.